The number of carboxylic acid groups (broad SMARTS) is 1. The molecule has 2 aliphatic heterocycles. The fourth-order valence-electron chi connectivity index (χ4n) is 3.58. The van der Waals surface area contributed by atoms with E-state index in [1.807, 2.05) is 0 Å². The summed E-state index contributed by atoms with van der Waals surface area (Å²) < 4.78 is 11.2. The molecule has 1 saturated carbocycles. The maximum absolute atomic E-state index is 11.8. The van der Waals surface area contributed by atoms with Crippen molar-refractivity contribution in [1.29, 1.82) is 0 Å². The third kappa shape index (κ3) is 2.70. The predicted molar refractivity (Wildman–Crippen MR) is 89.2 cm³/mol. The van der Waals surface area contributed by atoms with E-state index in [4.69, 9.17) is 20.2 Å². The zero-order valence-corrected chi connectivity index (χ0v) is 13.9. The number of aliphatic hydroxyl groups is 1. The van der Waals surface area contributed by atoms with Gasteiger partial charge in [0.15, 0.2) is 0 Å². The average Bonchev–Trinajstić information content (AvgIpc) is 3.37. The summed E-state index contributed by atoms with van der Waals surface area (Å²) in [5, 5.41) is 28.5. The molecule has 26 heavy (non-hydrogen) atoms. The smallest absolute Gasteiger partial charge is 0.526 e. The van der Waals surface area contributed by atoms with Gasteiger partial charge in [-0.2, -0.15) is 0 Å². The van der Waals surface area contributed by atoms with Gasteiger partial charge in [-0.15, -0.1) is 0 Å². The number of nitrogens with zero attached hydrogens (tertiary/aromatic N) is 1. The van der Waals surface area contributed by atoms with E-state index in [1.54, 1.807) is 12.1 Å². The molecule has 10 heteroatoms. The summed E-state index contributed by atoms with van der Waals surface area (Å²) >= 11 is 0. The summed E-state index contributed by atoms with van der Waals surface area (Å²) in [5.74, 6) is -1.11. The average molecular weight is 362 g/mol. The van der Waals surface area contributed by atoms with Crippen molar-refractivity contribution in [2.75, 3.05) is 19.7 Å². The summed E-state index contributed by atoms with van der Waals surface area (Å²) in [4.78, 5) is 25.0. The van der Waals surface area contributed by atoms with Crippen LogP contribution in [0.4, 0.5) is 0 Å². The van der Waals surface area contributed by atoms with Crippen molar-refractivity contribution in [3.05, 3.63) is 23.3 Å². The van der Waals surface area contributed by atoms with Crippen LogP contribution in [0.5, 0.6) is 11.5 Å². The summed E-state index contributed by atoms with van der Waals surface area (Å²) in [5.41, 5.74) is 6.17. The van der Waals surface area contributed by atoms with Gasteiger partial charge < -0.3 is 35.3 Å². The molecule has 1 aromatic carbocycles. The number of aromatic carboxylic acids is 1. The van der Waals surface area contributed by atoms with Crippen LogP contribution in [0.15, 0.2) is 12.1 Å². The quantitative estimate of drug-likeness (QED) is 0.490. The zero-order chi connectivity index (χ0) is 18.6. The highest BCUT2D eigenvalue weighted by Gasteiger charge is 2.54. The molecule has 3 atom stereocenters. The Labute approximate surface area is 149 Å². The van der Waals surface area contributed by atoms with Crippen LogP contribution in [0, 0.1) is 0 Å². The molecule has 0 radical (unpaired) electrons. The second-order valence-electron chi connectivity index (χ2n) is 6.95. The molecular weight excluding hydrogens is 343 g/mol. The Hall–Kier alpha value is -2.30. The Morgan fingerprint density at radius 3 is 2.81 bits per heavy atom. The first kappa shape index (κ1) is 17.1. The first-order valence-electron chi connectivity index (χ1n) is 8.47. The van der Waals surface area contributed by atoms with Crippen LogP contribution in [0.3, 0.4) is 0 Å². The highest BCUT2D eigenvalue weighted by molar-refractivity contribution is 6.48. The number of nitrogens with two attached hydrogens (primary N) is 1. The summed E-state index contributed by atoms with van der Waals surface area (Å²) in [6.07, 6.45) is 0.404. The van der Waals surface area contributed by atoms with Gasteiger partial charge in [-0.1, -0.05) is 6.07 Å². The molecule has 0 unspecified atom stereocenters. The van der Waals surface area contributed by atoms with Crippen molar-refractivity contribution in [2.45, 2.75) is 30.3 Å². The van der Waals surface area contributed by atoms with Crippen molar-refractivity contribution < 1.29 is 34.2 Å². The number of carbonyl (C=O) groups is 2. The number of amides is 1. The van der Waals surface area contributed by atoms with E-state index in [0.717, 1.165) is 12.0 Å². The molecule has 1 aliphatic carbocycles. The molecule has 0 spiro atoms. The molecule has 9 nitrogen and oxygen atoms in total. The molecule has 1 saturated heterocycles. The van der Waals surface area contributed by atoms with E-state index in [0.29, 0.717) is 0 Å². The number of hydrogen-bond donors (Lipinski definition) is 4. The Bertz CT molecular complexity index is 767. The SMILES string of the molecule is N[C@H](CO)C(=O)N1CC(Oc2ccc3c(c2C(=O)O)OB(O)[C@H]2C[C@@H]32)C1. The lowest BCUT2D eigenvalue weighted by Gasteiger charge is -2.40. The number of rotatable bonds is 5. The summed E-state index contributed by atoms with van der Waals surface area (Å²) in [7, 11) is -1.00. The molecule has 3 aliphatic rings. The predicted octanol–water partition coefficient (Wildman–Crippen LogP) is -0.976. The molecule has 138 valence electrons. The third-order valence-corrected chi connectivity index (χ3v) is 5.18. The van der Waals surface area contributed by atoms with Crippen LogP contribution in [-0.2, 0) is 4.79 Å². The fraction of sp³-hybridized carbons (Fsp3) is 0.500. The highest BCUT2D eigenvalue weighted by atomic mass is 16.5. The van der Waals surface area contributed by atoms with Gasteiger partial charge in [0.05, 0.1) is 19.7 Å². The second-order valence-corrected chi connectivity index (χ2v) is 6.95. The van der Waals surface area contributed by atoms with E-state index in [9.17, 15) is 19.7 Å². The Morgan fingerprint density at radius 2 is 2.15 bits per heavy atom. The number of aliphatic hydroxyl groups excluding tert-OH is 1. The van der Waals surface area contributed by atoms with Gasteiger partial charge in [-0.25, -0.2) is 4.79 Å². The molecule has 1 aromatic rings. The number of carbonyl (C=O) groups excluding carboxylic acids is 1. The van der Waals surface area contributed by atoms with Crippen LogP contribution in [0.2, 0.25) is 5.82 Å². The van der Waals surface area contributed by atoms with Crippen molar-refractivity contribution in [2.24, 2.45) is 5.73 Å². The standard InChI is InChI=1S/C16H19BN2O7/c18-11(6-20)15(21)19-4-7(5-19)25-12-2-1-8-9-3-10(9)17(24)26-14(8)13(12)16(22)23/h1-2,7,9-11,20,24H,3-6,18H2,(H,22,23)/t9-,10-,11+/m0/s1. The van der Waals surface area contributed by atoms with Gasteiger partial charge >= 0.3 is 13.1 Å². The van der Waals surface area contributed by atoms with Crippen molar-refractivity contribution >= 4 is 19.0 Å². The van der Waals surface area contributed by atoms with Crippen LogP contribution >= 0.6 is 0 Å². The minimum absolute atomic E-state index is 0.0258. The summed E-state index contributed by atoms with van der Waals surface area (Å²) in [6.45, 7) is 0.0877. The van der Waals surface area contributed by atoms with E-state index in [2.05, 4.69) is 0 Å². The van der Waals surface area contributed by atoms with E-state index in [1.165, 1.54) is 4.90 Å². The van der Waals surface area contributed by atoms with Crippen LogP contribution in [0.25, 0.3) is 0 Å². The number of benzene rings is 1. The lowest BCUT2D eigenvalue weighted by molar-refractivity contribution is -0.142. The van der Waals surface area contributed by atoms with E-state index < -0.39 is 25.7 Å². The number of likely N-dealkylation sites (tertiary alicyclic amines) is 1. The Balaban J connectivity index is 1.51. The molecule has 0 bridgehead atoms. The highest BCUT2D eigenvalue weighted by Crippen LogP contribution is 2.60. The van der Waals surface area contributed by atoms with Crippen molar-refractivity contribution in [3.8, 4) is 11.5 Å². The van der Waals surface area contributed by atoms with E-state index >= 15 is 0 Å². The largest absolute Gasteiger partial charge is 0.535 e. The topological polar surface area (TPSA) is 143 Å². The minimum atomic E-state index is -1.20. The maximum atomic E-state index is 11.8. The first-order chi connectivity index (χ1) is 12.4. The fourth-order valence-corrected chi connectivity index (χ4v) is 3.58. The van der Waals surface area contributed by atoms with Gasteiger partial charge in [-0.05, 0) is 24.0 Å². The van der Waals surface area contributed by atoms with Crippen LogP contribution in [-0.4, -0.2) is 71.0 Å². The molecule has 5 N–H and O–H groups in total. The molecule has 4 rings (SSSR count). The second kappa shape index (κ2) is 6.15. The molecule has 0 aromatic heterocycles. The van der Waals surface area contributed by atoms with Crippen molar-refractivity contribution in [3.63, 3.8) is 0 Å². The Kier molecular flexibility index (Phi) is 4.05. The normalized spacial score (nSPS) is 24.7. The molecule has 2 fully saturated rings. The van der Waals surface area contributed by atoms with Crippen LogP contribution in [0.1, 0.15) is 28.3 Å². The van der Waals surface area contributed by atoms with Crippen LogP contribution < -0.4 is 15.1 Å². The lowest BCUT2D eigenvalue weighted by atomic mass is 9.77. The lowest BCUT2D eigenvalue weighted by Crippen LogP contribution is -2.60. The minimum Gasteiger partial charge on any atom is -0.535 e. The van der Waals surface area contributed by atoms with Gasteiger partial charge in [0, 0.05) is 5.82 Å². The zero-order valence-electron chi connectivity index (χ0n) is 13.9. The van der Waals surface area contributed by atoms with Gasteiger partial charge in [0.25, 0.3) is 0 Å². The molecular formula is C16H19BN2O7. The third-order valence-electron chi connectivity index (χ3n) is 5.18. The number of fused-ring (bicyclic) bond motifs is 3. The maximum Gasteiger partial charge on any atom is 0.526 e. The Morgan fingerprint density at radius 1 is 1.42 bits per heavy atom. The van der Waals surface area contributed by atoms with E-state index in [-0.39, 0.29) is 53.9 Å². The molecule has 1 amide bonds. The number of ether oxygens (including phenoxy) is 1. The van der Waals surface area contributed by atoms with Gasteiger partial charge in [0.2, 0.25) is 5.91 Å². The molecule has 2 heterocycles. The number of hydrogen-bond acceptors (Lipinski definition) is 7. The number of carboxylic acids is 1. The van der Waals surface area contributed by atoms with Crippen molar-refractivity contribution in [1.82, 2.24) is 4.90 Å². The van der Waals surface area contributed by atoms with Gasteiger partial charge in [0.1, 0.15) is 29.2 Å². The van der Waals surface area contributed by atoms with Gasteiger partial charge in [-0.3, -0.25) is 4.79 Å². The summed E-state index contributed by atoms with van der Waals surface area (Å²) in [6, 6.07) is 2.41. The first-order valence-corrected chi connectivity index (χ1v) is 8.47. The monoisotopic (exact) mass is 362 g/mol.